The fourth-order valence-corrected chi connectivity index (χ4v) is 6.80. The molecule has 0 saturated heterocycles. The zero-order chi connectivity index (χ0) is 15.4. The average Bonchev–Trinajstić information content (AvgIpc) is 2.37. The van der Waals surface area contributed by atoms with Crippen LogP contribution in [0, 0.1) is 22.2 Å². The van der Waals surface area contributed by atoms with Crippen molar-refractivity contribution < 1.29 is 5.11 Å². The lowest BCUT2D eigenvalue weighted by Crippen LogP contribution is -2.65. The number of hydrogen-bond acceptors (Lipinski definition) is 2. The van der Waals surface area contributed by atoms with Gasteiger partial charge in [0.2, 0.25) is 0 Å². The van der Waals surface area contributed by atoms with E-state index in [4.69, 9.17) is 0 Å². The molecule has 2 unspecified atom stereocenters. The lowest BCUT2D eigenvalue weighted by Gasteiger charge is -2.66. The highest BCUT2D eigenvalue weighted by Crippen LogP contribution is 2.66. The van der Waals surface area contributed by atoms with E-state index in [-0.39, 0.29) is 5.41 Å². The first-order valence-electron chi connectivity index (χ1n) is 9.15. The third-order valence-corrected chi connectivity index (χ3v) is 7.30. The molecule has 21 heavy (non-hydrogen) atoms. The number of rotatable bonds is 6. The summed E-state index contributed by atoms with van der Waals surface area (Å²) in [5, 5.41) is 13.9. The molecule has 4 aliphatic carbocycles. The second-order valence-electron chi connectivity index (χ2n) is 9.63. The maximum atomic E-state index is 9.85. The Labute approximate surface area is 131 Å². The SMILES string of the molecule is CCC(CC)(CO)CNC12CC3CC(C)(CC(C)(C3)C1)C2. The molecule has 4 saturated carbocycles. The molecule has 2 heteroatoms. The van der Waals surface area contributed by atoms with Crippen molar-refractivity contribution in [3.05, 3.63) is 0 Å². The summed E-state index contributed by atoms with van der Waals surface area (Å²) in [6.45, 7) is 10.8. The minimum atomic E-state index is 0.0884. The van der Waals surface area contributed by atoms with Gasteiger partial charge in [-0.3, -0.25) is 0 Å². The van der Waals surface area contributed by atoms with Gasteiger partial charge in [0.05, 0.1) is 0 Å². The van der Waals surface area contributed by atoms with Crippen LogP contribution in [0.3, 0.4) is 0 Å². The molecular formula is C19H35NO. The van der Waals surface area contributed by atoms with E-state index in [1.807, 2.05) is 0 Å². The molecule has 2 N–H and O–H groups in total. The van der Waals surface area contributed by atoms with Gasteiger partial charge in [0.15, 0.2) is 0 Å². The molecule has 0 aromatic carbocycles. The van der Waals surface area contributed by atoms with E-state index in [0.29, 0.717) is 23.0 Å². The Balaban J connectivity index is 1.76. The summed E-state index contributed by atoms with van der Waals surface area (Å²) in [6, 6.07) is 0. The summed E-state index contributed by atoms with van der Waals surface area (Å²) in [7, 11) is 0. The van der Waals surface area contributed by atoms with E-state index < -0.39 is 0 Å². The molecule has 4 bridgehead atoms. The third-order valence-electron chi connectivity index (χ3n) is 7.30. The van der Waals surface area contributed by atoms with Crippen LogP contribution in [-0.4, -0.2) is 23.8 Å². The summed E-state index contributed by atoms with van der Waals surface area (Å²) in [5.41, 5.74) is 1.60. The second-order valence-corrected chi connectivity index (χ2v) is 9.63. The molecule has 0 radical (unpaired) electrons. The molecule has 0 heterocycles. The predicted molar refractivity (Wildman–Crippen MR) is 88.2 cm³/mol. The number of hydrogen-bond donors (Lipinski definition) is 2. The van der Waals surface area contributed by atoms with Crippen molar-refractivity contribution in [3.8, 4) is 0 Å². The molecule has 4 fully saturated rings. The number of aliphatic hydroxyl groups is 1. The van der Waals surface area contributed by atoms with Crippen molar-refractivity contribution in [2.24, 2.45) is 22.2 Å². The van der Waals surface area contributed by atoms with Crippen LogP contribution in [0.5, 0.6) is 0 Å². The van der Waals surface area contributed by atoms with E-state index in [1.165, 1.54) is 38.5 Å². The fourth-order valence-electron chi connectivity index (χ4n) is 6.80. The van der Waals surface area contributed by atoms with Crippen LogP contribution in [0.1, 0.15) is 79.1 Å². The molecular weight excluding hydrogens is 258 g/mol. The summed E-state index contributed by atoms with van der Waals surface area (Å²) in [6.07, 6.45) is 10.6. The Hall–Kier alpha value is -0.0800. The summed E-state index contributed by atoms with van der Waals surface area (Å²) in [4.78, 5) is 0. The van der Waals surface area contributed by atoms with Crippen molar-refractivity contribution in [1.29, 1.82) is 0 Å². The average molecular weight is 293 g/mol. The van der Waals surface area contributed by atoms with E-state index in [9.17, 15) is 5.11 Å². The molecule has 2 nitrogen and oxygen atoms in total. The van der Waals surface area contributed by atoms with Gasteiger partial charge in [-0.15, -0.1) is 0 Å². The molecule has 0 aromatic rings. The second kappa shape index (κ2) is 4.96. The van der Waals surface area contributed by atoms with Gasteiger partial charge in [-0.2, -0.15) is 0 Å². The van der Waals surface area contributed by atoms with Crippen molar-refractivity contribution >= 4 is 0 Å². The Kier molecular flexibility index (Phi) is 3.73. The van der Waals surface area contributed by atoms with E-state index in [1.54, 1.807) is 0 Å². The standard InChI is InChI=1S/C19H35NO/c1-5-18(6-2,14-21)13-20-19-9-15-7-16(3,11-19)10-17(4,8-15)12-19/h15,20-21H,5-14H2,1-4H3. The van der Waals surface area contributed by atoms with Crippen LogP contribution in [-0.2, 0) is 0 Å². The quantitative estimate of drug-likeness (QED) is 0.772. The van der Waals surface area contributed by atoms with E-state index in [2.05, 4.69) is 33.0 Å². The first kappa shape index (κ1) is 15.8. The minimum absolute atomic E-state index is 0.0884. The molecule has 4 rings (SSSR count). The maximum Gasteiger partial charge on any atom is 0.0499 e. The van der Waals surface area contributed by atoms with Gasteiger partial charge >= 0.3 is 0 Å². The Morgan fingerprint density at radius 3 is 2.00 bits per heavy atom. The smallest absolute Gasteiger partial charge is 0.0499 e. The fraction of sp³-hybridized carbons (Fsp3) is 1.00. The molecule has 0 aliphatic heterocycles. The Morgan fingerprint density at radius 1 is 1.00 bits per heavy atom. The monoisotopic (exact) mass is 293 g/mol. The van der Waals surface area contributed by atoms with Gasteiger partial charge in [-0.1, -0.05) is 27.7 Å². The van der Waals surface area contributed by atoms with Crippen molar-refractivity contribution in [2.75, 3.05) is 13.2 Å². The molecule has 2 atom stereocenters. The lowest BCUT2D eigenvalue weighted by atomic mass is 9.42. The maximum absolute atomic E-state index is 9.85. The van der Waals surface area contributed by atoms with Gasteiger partial charge in [0.1, 0.15) is 0 Å². The molecule has 0 spiro atoms. The molecule has 0 amide bonds. The minimum Gasteiger partial charge on any atom is -0.396 e. The topological polar surface area (TPSA) is 32.3 Å². The number of aliphatic hydroxyl groups excluding tert-OH is 1. The highest BCUT2D eigenvalue weighted by molar-refractivity contribution is 5.14. The summed E-state index contributed by atoms with van der Waals surface area (Å²) >= 11 is 0. The van der Waals surface area contributed by atoms with Gasteiger partial charge in [-0.25, -0.2) is 0 Å². The number of nitrogens with one attached hydrogen (secondary N) is 1. The van der Waals surface area contributed by atoms with Crippen LogP contribution >= 0.6 is 0 Å². The van der Waals surface area contributed by atoms with Gasteiger partial charge in [-0.05, 0) is 68.1 Å². The van der Waals surface area contributed by atoms with Gasteiger partial charge in [0.25, 0.3) is 0 Å². The van der Waals surface area contributed by atoms with Crippen molar-refractivity contribution in [3.63, 3.8) is 0 Å². The predicted octanol–water partition coefficient (Wildman–Crippen LogP) is 4.12. The normalized spacial score (nSPS) is 45.3. The van der Waals surface area contributed by atoms with E-state index >= 15 is 0 Å². The first-order chi connectivity index (χ1) is 9.80. The Bertz CT molecular complexity index is 374. The highest BCUT2D eigenvalue weighted by Gasteiger charge is 2.60. The molecule has 0 aromatic heterocycles. The van der Waals surface area contributed by atoms with Crippen LogP contribution in [0.2, 0.25) is 0 Å². The highest BCUT2D eigenvalue weighted by atomic mass is 16.3. The van der Waals surface area contributed by atoms with Crippen LogP contribution in [0.15, 0.2) is 0 Å². The Morgan fingerprint density at radius 2 is 1.57 bits per heavy atom. The zero-order valence-corrected chi connectivity index (χ0v) is 14.6. The first-order valence-corrected chi connectivity index (χ1v) is 9.15. The van der Waals surface area contributed by atoms with Gasteiger partial charge in [0, 0.05) is 24.1 Å². The summed E-state index contributed by atoms with van der Waals surface area (Å²) < 4.78 is 0. The zero-order valence-electron chi connectivity index (χ0n) is 14.6. The van der Waals surface area contributed by atoms with Crippen LogP contribution in [0.25, 0.3) is 0 Å². The van der Waals surface area contributed by atoms with Gasteiger partial charge < -0.3 is 10.4 Å². The van der Waals surface area contributed by atoms with E-state index in [0.717, 1.165) is 25.3 Å². The lowest BCUT2D eigenvalue weighted by molar-refractivity contribution is -0.120. The third kappa shape index (κ3) is 2.67. The van der Waals surface area contributed by atoms with Crippen LogP contribution < -0.4 is 5.32 Å². The largest absolute Gasteiger partial charge is 0.396 e. The van der Waals surface area contributed by atoms with Crippen molar-refractivity contribution in [2.45, 2.75) is 84.6 Å². The van der Waals surface area contributed by atoms with Crippen molar-refractivity contribution in [1.82, 2.24) is 5.32 Å². The molecule has 122 valence electrons. The molecule has 4 aliphatic rings. The van der Waals surface area contributed by atoms with Crippen LogP contribution in [0.4, 0.5) is 0 Å². The summed E-state index contributed by atoms with van der Waals surface area (Å²) in [5.74, 6) is 0.940.